The maximum absolute atomic E-state index is 11.9. The van der Waals surface area contributed by atoms with E-state index in [0.29, 0.717) is 24.0 Å². The Hall–Kier alpha value is -2.61. The number of carbonyl (C=O) groups is 2. The van der Waals surface area contributed by atoms with E-state index in [4.69, 9.17) is 11.0 Å². The predicted molar refractivity (Wildman–Crippen MR) is 71.0 cm³/mol. The molecule has 0 aromatic heterocycles. The molecule has 19 heavy (non-hydrogen) atoms. The van der Waals surface area contributed by atoms with Crippen LogP contribution in [0.15, 0.2) is 36.9 Å². The van der Waals surface area contributed by atoms with Crippen LogP contribution in [0, 0.1) is 11.3 Å². The van der Waals surface area contributed by atoms with Crippen LogP contribution in [-0.4, -0.2) is 17.9 Å². The molecule has 0 spiro atoms. The third kappa shape index (κ3) is 4.28. The Balaban J connectivity index is 2.73. The number of rotatable bonds is 6. The third-order valence-corrected chi connectivity index (χ3v) is 2.58. The lowest BCUT2D eigenvalue weighted by Crippen LogP contribution is -2.44. The van der Waals surface area contributed by atoms with Crippen LogP contribution >= 0.6 is 0 Å². The number of hydrogen-bond acceptors (Lipinski definition) is 3. The van der Waals surface area contributed by atoms with E-state index in [0.717, 1.165) is 0 Å². The van der Waals surface area contributed by atoms with Gasteiger partial charge in [0.2, 0.25) is 5.91 Å². The summed E-state index contributed by atoms with van der Waals surface area (Å²) in [6, 6.07) is 7.38. The Labute approximate surface area is 111 Å². The van der Waals surface area contributed by atoms with Crippen molar-refractivity contribution in [2.45, 2.75) is 18.9 Å². The lowest BCUT2D eigenvalue weighted by Gasteiger charge is -2.14. The van der Waals surface area contributed by atoms with E-state index in [-0.39, 0.29) is 0 Å². The quantitative estimate of drug-likeness (QED) is 0.747. The van der Waals surface area contributed by atoms with Gasteiger partial charge in [-0.1, -0.05) is 6.08 Å². The van der Waals surface area contributed by atoms with Gasteiger partial charge in [-0.2, -0.15) is 5.26 Å². The van der Waals surface area contributed by atoms with E-state index in [1.54, 1.807) is 6.08 Å². The first-order chi connectivity index (χ1) is 9.08. The van der Waals surface area contributed by atoms with Gasteiger partial charge < -0.3 is 11.1 Å². The van der Waals surface area contributed by atoms with Crippen LogP contribution in [0.25, 0.3) is 0 Å². The summed E-state index contributed by atoms with van der Waals surface area (Å²) < 4.78 is 0. The molecule has 5 nitrogen and oxygen atoms in total. The second-order valence-corrected chi connectivity index (χ2v) is 3.98. The molecule has 1 aromatic rings. The lowest BCUT2D eigenvalue weighted by atomic mass is 10.1. The summed E-state index contributed by atoms with van der Waals surface area (Å²) in [4.78, 5) is 23.1. The van der Waals surface area contributed by atoms with Crippen molar-refractivity contribution in [2.75, 3.05) is 0 Å². The van der Waals surface area contributed by atoms with Crippen molar-refractivity contribution in [2.24, 2.45) is 5.73 Å². The van der Waals surface area contributed by atoms with Crippen LogP contribution in [-0.2, 0) is 4.79 Å². The minimum Gasteiger partial charge on any atom is -0.368 e. The van der Waals surface area contributed by atoms with E-state index in [9.17, 15) is 9.59 Å². The second-order valence-electron chi connectivity index (χ2n) is 3.98. The topological polar surface area (TPSA) is 96.0 Å². The molecule has 1 atom stereocenters. The zero-order chi connectivity index (χ0) is 14.3. The zero-order valence-corrected chi connectivity index (χ0v) is 10.4. The molecule has 2 amide bonds. The van der Waals surface area contributed by atoms with Crippen LogP contribution in [0.5, 0.6) is 0 Å². The second kappa shape index (κ2) is 6.97. The molecule has 98 valence electrons. The molecule has 0 heterocycles. The minimum atomic E-state index is -0.721. The molecular formula is C14H15N3O2. The summed E-state index contributed by atoms with van der Waals surface area (Å²) in [5, 5.41) is 11.2. The average molecular weight is 257 g/mol. The number of nitriles is 1. The highest BCUT2D eigenvalue weighted by atomic mass is 16.2. The van der Waals surface area contributed by atoms with Crippen LogP contribution in [0.3, 0.4) is 0 Å². The molecule has 0 unspecified atom stereocenters. The Kier molecular flexibility index (Phi) is 5.30. The van der Waals surface area contributed by atoms with Crippen molar-refractivity contribution in [3.8, 4) is 6.07 Å². The molecular weight excluding hydrogens is 242 g/mol. The summed E-state index contributed by atoms with van der Waals surface area (Å²) in [6.45, 7) is 3.55. The molecule has 0 aliphatic heterocycles. The molecule has 5 heteroatoms. The molecule has 0 fully saturated rings. The first-order valence-corrected chi connectivity index (χ1v) is 5.79. The molecule has 0 saturated heterocycles. The number of allylic oxidation sites excluding steroid dienone is 1. The lowest BCUT2D eigenvalue weighted by molar-refractivity contribution is -0.119. The zero-order valence-electron chi connectivity index (χ0n) is 10.4. The molecule has 1 rings (SSSR count). The SMILES string of the molecule is C=CCC[C@@H](NC(=O)c1ccc(C#N)cc1)C(N)=O. The van der Waals surface area contributed by atoms with Crippen LogP contribution < -0.4 is 11.1 Å². The monoisotopic (exact) mass is 257 g/mol. The van der Waals surface area contributed by atoms with Gasteiger partial charge in [0.05, 0.1) is 11.6 Å². The number of primary amides is 1. The summed E-state index contributed by atoms with van der Waals surface area (Å²) in [5.74, 6) is -0.971. The first kappa shape index (κ1) is 14.5. The van der Waals surface area contributed by atoms with Crippen LogP contribution in [0.2, 0.25) is 0 Å². The summed E-state index contributed by atoms with van der Waals surface area (Å²) in [6.07, 6.45) is 2.66. The fourth-order valence-electron chi connectivity index (χ4n) is 1.51. The molecule has 0 aliphatic rings. The van der Waals surface area contributed by atoms with E-state index in [1.807, 2.05) is 6.07 Å². The highest BCUT2D eigenvalue weighted by molar-refractivity contribution is 5.97. The maximum Gasteiger partial charge on any atom is 0.251 e. The van der Waals surface area contributed by atoms with Gasteiger partial charge in [-0.15, -0.1) is 6.58 Å². The Morgan fingerprint density at radius 3 is 2.53 bits per heavy atom. The number of nitrogens with zero attached hydrogens (tertiary/aromatic N) is 1. The highest BCUT2D eigenvalue weighted by Gasteiger charge is 2.17. The van der Waals surface area contributed by atoms with Crippen molar-refractivity contribution in [3.05, 3.63) is 48.0 Å². The van der Waals surface area contributed by atoms with Gasteiger partial charge in [0.1, 0.15) is 6.04 Å². The Morgan fingerprint density at radius 2 is 2.05 bits per heavy atom. The number of hydrogen-bond donors (Lipinski definition) is 2. The number of amides is 2. The summed E-state index contributed by atoms with van der Waals surface area (Å²) in [7, 11) is 0. The van der Waals surface area contributed by atoms with E-state index < -0.39 is 17.9 Å². The van der Waals surface area contributed by atoms with Gasteiger partial charge in [-0.05, 0) is 37.1 Å². The van der Waals surface area contributed by atoms with Gasteiger partial charge in [0.25, 0.3) is 5.91 Å². The van der Waals surface area contributed by atoms with Crippen molar-refractivity contribution in [1.29, 1.82) is 5.26 Å². The van der Waals surface area contributed by atoms with Gasteiger partial charge in [0, 0.05) is 5.56 Å². The molecule has 0 bridgehead atoms. The summed E-state index contributed by atoms with van der Waals surface area (Å²) in [5.41, 5.74) is 6.06. The molecule has 0 aliphatic carbocycles. The van der Waals surface area contributed by atoms with Crippen molar-refractivity contribution in [1.82, 2.24) is 5.32 Å². The first-order valence-electron chi connectivity index (χ1n) is 5.79. The molecule has 0 radical (unpaired) electrons. The maximum atomic E-state index is 11.9. The van der Waals surface area contributed by atoms with Crippen molar-refractivity contribution < 1.29 is 9.59 Å². The summed E-state index contributed by atoms with van der Waals surface area (Å²) >= 11 is 0. The smallest absolute Gasteiger partial charge is 0.251 e. The van der Waals surface area contributed by atoms with Gasteiger partial charge in [-0.25, -0.2) is 0 Å². The molecule has 0 saturated carbocycles. The largest absolute Gasteiger partial charge is 0.368 e. The predicted octanol–water partition coefficient (Wildman–Crippen LogP) is 1.11. The number of benzene rings is 1. The van der Waals surface area contributed by atoms with E-state index in [1.165, 1.54) is 24.3 Å². The van der Waals surface area contributed by atoms with E-state index in [2.05, 4.69) is 11.9 Å². The third-order valence-electron chi connectivity index (χ3n) is 2.58. The normalized spacial score (nSPS) is 11.1. The van der Waals surface area contributed by atoms with Gasteiger partial charge in [0.15, 0.2) is 0 Å². The number of nitrogens with two attached hydrogens (primary N) is 1. The van der Waals surface area contributed by atoms with Gasteiger partial charge >= 0.3 is 0 Å². The Bertz CT molecular complexity index is 514. The standard InChI is InChI=1S/C14H15N3O2/c1-2-3-4-12(13(16)18)17-14(19)11-7-5-10(9-15)6-8-11/h2,5-8,12H,1,3-4H2,(H2,16,18)(H,17,19)/t12-/m1/s1. The van der Waals surface area contributed by atoms with Crippen molar-refractivity contribution in [3.63, 3.8) is 0 Å². The number of nitrogens with one attached hydrogen (secondary N) is 1. The highest BCUT2D eigenvalue weighted by Crippen LogP contribution is 2.05. The Morgan fingerprint density at radius 1 is 1.42 bits per heavy atom. The minimum absolute atomic E-state index is 0.379. The molecule has 3 N–H and O–H groups in total. The fraction of sp³-hybridized carbons (Fsp3) is 0.214. The molecule has 1 aromatic carbocycles. The van der Waals surface area contributed by atoms with E-state index >= 15 is 0 Å². The number of carbonyl (C=O) groups excluding carboxylic acids is 2. The van der Waals surface area contributed by atoms with Crippen LogP contribution in [0.1, 0.15) is 28.8 Å². The average Bonchev–Trinajstić information content (AvgIpc) is 2.43. The fourth-order valence-corrected chi connectivity index (χ4v) is 1.51. The van der Waals surface area contributed by atoms with Crippen molar-refractivity contribution >= 4 is 11.8 Å². The van der Waals surface area contributed by atoms with Crippen LogP contribution in [0.4, 0.5) is 0 Å². The van der Waals surface area contributed by atoms with Gasteiger partial charge in [-0.3, -0.25) is 9.59 Å².